The van der Waals surface area contributed by atoms with Crippen LogP contribution in [0.25, 0.3) is 10.2 Å². The number of thioether (sulfide) groups is 1. The third-order valence-corrected chi connectivity index (χ3v) is 4.72. The van der Waals surface area contributed by atoms with E-state index in [1.807, 2.05) is 17.8 Å². The minimum Gasteiger partial charge on any atom is -0.383 e. The van der Waals surface area contributed by atoms with Gasteiger partial charge in [0.1, 0.15) is 0 Å². The third kappa shape index (κ3) is 3.95. The third-order valence-electron chi connectivity index (χ3n) is 2.49. The van der Waals surface area contributed by atoms with Crippen molar-refractivity contribution in [2.24, 2.45) is 0 Å². The van der Waals surface area contributed by atoms with E-state index in [9.17, 15) is 0 Å². The van der Waals surface area contributed by atoms with Crippen molar-refractivity contribution in [3.05, 3.63) is 24.3 Å². The number of ether oxygens (including phenoxy) is 1. The Morgan fingerprint density at radius 2 is 2.28 bits per heavy atom. The summed E-state index contributed by atoms with van der Waals surface area (Å²) in [6.45, 7) is 4.86. The number of methoxy groups -OCH3 is 1. The lowest BCUT2D eigenvalue weighted by molar-refractivity contribution is 0.199. The van der Waals surface area contributed by atoms with Gasteiger partial charge in [0.2, 0.25) is 0 Å². The SMILES string of the molecule is COCCNCC(C)Sc1nc2ccccc2s1. The van der Waals surface area contributed by atoms with E-state index < -0.39 is 0 Å². The fourth-order valence-corrected chi connectivity index (χ4v) is 3.94. The zero-order valence-corrected chi connectivity index (χ0v) is 12.3. The molecule has 0 saturated heterocycles. The molecule has 1 atom stereocenters. The number of rotatable bonds is 7. The van der Waals surface area contributed by atoms with Gasteiger partial charge in [-0.2, -0.15) is 0 Å². The molecule has 98 valence electrons. The van der Waals surface area contributed by atoms with Crippen molar-refractivity contribution >= 4 is 33.3 Å². The minimum atomic E-state index is 0.516. The number of nitrogens with zero attached hydrogens (tertiary/aromatic N) is 1. The van der Waals surface area contributed by atoms with Crippen LogP contribution in [0.3, 0.4) is 0 Å². The lowest BCUT2D eigenvalue weighted by Crippen LogP contribution is -2.26. The molecule has 2 aromatic rings. The average Bonchev–Trinajstić information content (AvgIpc) is 2.76. The topological polar surface area (TPSA) is 34.1 Å². The predicted octanol–water partition coefficient (Wildman–Crippen LogP) is 3.01. The number of aromatic nitrogens is 1. The summed E-state index contributed by atoms with van der Waals surface area (Å²) in [5.74, 6) is 0. The Kier molecular flexibility index (Phi) is 5.44. The van der Waals surface area contributed by atoms with Crippen LogP contribution in [0.5, 0.6) is 0 Å². The maximum absolute atomic E-state index is 5.00. The first-order valence-corrected chi connectivity index (χ1v) is 7.71. The number of nitrogens with one attached hydrogen (secondary N) is 1. The average molecular weight is 282 g/mol. The van der Waals surface area contributed by atoms with Crippen LogP contribution in [0.4, 0.5) is 0 Å². The lowest BCUT2D eigenvalue weighted by Gasteiger charge is -2.09. The van der Waals surface area contributed by atoms with E-state index in [-0.39, 0.29) is 0 Å². The van der Waals surface area contributed by atoms with Crippen LogP contribution in [0.1, 0.15) is 6.92 Å². The van der Waals surface area contributed by atoms with Gasteiger partial charge in [-0.15, -0.1) is 11.3 Å². The molecular formula is C13H18N2OS2. The van der Waals surface area contributed by atoms with Gasteiger partial charge in [-0.1, -0.05) is 30.8 Å². The van der Waals surface area contributed by atoms with Crippen molar-refractivity contribution in [2.45, 2.75) is 16.5 Å². The Morgan fingerprint density at radius 3 is 3.06 bits per heavy atom. The molecule has 0 saturated carbocycles. The molecule has 0 aliphatic carbocycles. The molecule has 1 unspecified atom stereocenters. The Morgan fingerprint density at radius 1 is 1.44 bits per heavy atom. The van der Waals surface area contributed by atoms with Gasteiger partial charge in [-0.05, 0) is 12.1 Å². The van der Waals surface area contributed by atoms with Gasteiger partial charge in [0.25, 0.3) is 0 Å². The molecule has 1 aromatic carbocycles. The van der Waals surface area contributed by atoms with E-state index in [4.69, 9.17) is 4.74 Å². The van der Waals surface area contributed by atoms with E-state index in [1.54, 1.807) is 18.4 Å². The second kappa shape index (κ2) is 7.09. The van der Waals surface area contributed by atoms with Crippen molar-refractivity contribution in [2.75, 3.05) is 26.8 Å². The number of thiazole rings is 1. The fourth-order valence-electron chi connectivity index (χ4n) is 1.59. The summed E-state index contributed by atoms with van der Waals surface area (Å²) in [5, 5.41) is 3.89. The minimum absolute atomic E-state index is 0.516. The first-order chi connectivity index (χ1) is 8.79. The Balaban J connectivity index is 1.84. The van der Waals surface area contributed by atoms with Crippen molar-refractivity contribution < 1.29 is 4.74 Å². The van der Waals surface area contributed by atoms with Crippen molar-refractivity contribution in [3.8, 4) is 0 Å². The number of hydrogen-bond donors (Lipinski definition) is 1. The van der Waals surface area contributed by atoms with Crippen LogP contribution in [0.2, 0.25) is 0 Å². The highest BCUT2D eigenvalue weighted by molar-refractivity contribution is 8.01. The number of benzene rings is 1. The van der Waals surface area contributed by atoms with Gasteiger partial charge < -0.3 is 10.1 Å². The summed E-state index contributed by atoms with van der Waals surface area (Å²) in [6.07, 6.45) is 0. The maximum atomic E-state index is 5.00. The molecule has 0 radical (unpaired) electrons. The van der Waals surface area contributed by atoms with Gasteiger partial charge in [0, 0.05) is 25.4 Å². The van der Waals surface area contributed by atoms with Crippen LogP contribution in [-0.4, -0.2) is 37.0 Å². The van der Waals surface area contributed by atoms with Gasteiger partial charge in [-0.3, -0.25) is 0 Å². The quantitative estimate of drug-likeness (QED) is 0.625. The first-order valence-electron chi connectivity index (χ1n) is 6.01. The van der Waals surface area contributed by atoms with E-state index in [1.165, 1.54) is 4.70 Å². The van der Waals surface area contributed by atoms with E-state index >= 15 is 0 Å². The standard InChI is InChI=1S/C13H18N2OS2/c1-10(9-14-7-8-16-2)17-13-15-11-5-3-4-6-12(11)18-13/h3-6,10,14H,7-9H2,1-2H3. The predicted molar refractivity (Wildman–Crippen MR) is 79.7 cm³/mol. The second-order valence-corrected chi connectivity index (χ2v) is 6.79. The van der Waals surface area contributed by atoms with Crippen LogP contribution < -0.4 is 5.32 Å². The molecule has 2 rings (SSSR count). The first kappa shape index (κ1) is 13.8. The van der Waals surface area contributed by atoms with Gasteiger partial charge >= 0.3 is 0 Å². The molecule has 1 aromatic heterocycles. The maximum Gasteiger partial charge on any atom is 0.151 e. The molecule has 0 fully saturated rings. The van der Waals surface area contributed by atoms with Crippen LogP contribution in [0.15, 0.2) is 28.6 Å². The summed E-state index contributed by atoms with van der Waals surface area (Å²) in [5.41, 5.74) is 1.10. The molecule has 3 nitrogen and oxygen atoms in total. The molecule has 18 heavy (non-hydrogen) atoms. The molecule has 0 bridgehead atoms. The molecule has 1 N–H and O–H groups in total. The number of hydrogen-bond acceptors (Lipinski definition) is 5. The largest absolute Gasteiger partial charge is 0.383 e. The second-order valence-electron chi connectivity index (χ2n) is 4.07. The molecule has 0 amide bonds. The zero-order chi connectivity index (χ0) is 12.8. The normalized spacial score (nSPS) is 13.0. The Labute approximate surface area is 116 Å². The molecular weight excluding hydrogens is 264 g/mol. The molecule has 0 aliphatic rings. The highest BCUT2D eigenvalue weighted by Crippen LogP contribution is 2.31. The lowest BCUT2D eigenvalue weighted by atomic mass is 10.3. The Bertz CT molecular complexity index is 454. The van der Waals surface area contributed by atoms with Gasteiger partial charge in [-0.25, -0.2) is 4.98 Å². The van der Waals surface area contributed by atoms with Crippen molar-refractivity contribution in [1.29, 1.82) is 0 Å². The van der Waals surface area contributed by atoms with E-state index in [0.717, 1.165) is 29.6 Å². The van der Waals surface area contributed by atoms with E-state index in [0.29, 0.717) is 5.25 Å². The van der Waals surface area contributed by atoms with Gasteiger partial charge in [0.15, 0.2) is 4.34 Å². The number of para-hydroxylation sites is 1. The van der Waals surface area contributed by atoms with Crippen LogP contribution >= 0.6 is 23.1 Å². The summed E-state index contributed by atoms with van der Waals surface area (Å²) >= 11 is 3.60. The summed E-state index contributed by atoms with van der Waals surface area (Å²) in [6, 6.07) is 8.28. The van der Waals surface area contributed by atoms with Crippen LogP contribution in [0, 0.1) is 0 Å². The molecule has 5 heteroatoms. The van der Waals surface area contributed by atoms with Crippen molar-refractivity contribution in [1.82, 2.24) is 10.3 Å². The van der Waals surface area contributed by atoms with Gasteiger partial charge in [0.05, 0.1) is 16.8 Å². The molecule has 0 aliphatic heterocycles. The monoisotopic (exact) mass is 282 g/mol. The molecule has 1 heterocycles. The van der Waals surface area contributed by atoms with Crippen LogP contribution in [-0.2, 0) is 4.74 Å². The number of fused-ring (bicyclic) bond motifs is 1. The highest BCUT2D eigenvalue weighted by Gasteiger charge is 2.08. The fraction of sp³-hybridized carbons (Fsp3) is 0.462. The zero-order valence-electron chi connectivity index (χ0n) is 10.7. The molecule has 0 spiro atoms. The summed E-state index contributed by atoms with van der Waals surface area (Å²) < 4.78 is 7.42. The summed E-state index contributed by atoms with van der Waals surface area (Å²) in [4.78, 5) is 4.63. The van der Waals surface area contributed by atoms with E-state index in [2.05, 4.69) is 35.4 Å². The summed E-state index contributed by atoms with van der Waals surface area (Å²) in [7, 11) is 1.72. The Hall–Kier alpha value is -0.620. The van der Waals surface area contributed by atoms with Crippen molar-refractivity contribution in [3.63, 3.8) is 0 Å². The smallest absolute Gasteiger partial charge is 0.151 e. The highest BCUT2D eigenvalue weighted by atomic mass is 32.2.